The zero-order chi connectivity index (χ0) is 25.3. The van der Waals surface area contributed by atoms with Crippen LogP contribution in [0, 0.1) is 18.3 Å². The van der Waals surface area contributed by atoms with Gasteiger partial charge in [0.1, 0.15) is 0 Å². The second kappa shape index (κ2) is 9.98. The summed E-state index contributed by atoms with van der Waals surface area (Å²) in [5.74, 6) is -0.984. The van der Waals surface area contributed by atoms with Crippen LogP contribution in [0.2, 0.25) is 0 Å². The van der Waals surface area contributed by atoms with Crippen molar-refractivity contribution in [2.75, 3.05) is 18.0 Å². The number of aryl methyl sites for hydroxylation is 1. The van der Waals surface area contributed by atoms with E-state index in [-0.39, 0.29) is 11.5 Å². The fourth-order valence-electron chi connectivity index (χ4n) is 4.22. The molecule has 34 heavy (non-hydrogen) atoms. The topological polar surface area (TPSA) is 64.5 Å². The fraction of sp³-hybridized carbons (Fsp3) is 0.593. The lowest BCUT2D eigenvalue weighted by molar-refractivity contribution is -0.171. The van der Waals surface area contributed by atoms with Crippen LogP contribution in [0.25, 0.3) is 11.1 Å². The quantitative estimate of drug-likeness (QED) is 0.379. The van der Waals surface area contributed by atoms with E-state index >= 15 is 0 Å². The highest BCUT2D eigenvalue weighted by molar-refractivity contribution is 5.86. The maximum atomic E-state index is 13.6. The van der Waals surface area contributed by atoms with Crippen LogP contribution in [-0.4, -0.2) is 40.7 Å². The van der Waals surface area contributed by atoms with Crippen LogP contribution in [0.5, 0.6) is 0 Å². The molecule has 2 aromatic rings. The van der Waals surface area contributed by atoms with Crippen molar-refractivity contribution < 1.29 is 18.7 Å². The van der Waals surface area contributed by atoms with Gasteiger partial charge in [0.2, 0.25) is 5.95 Å². The lowest BCUT2D eigenvalue weighted by Crippen LogP contribution is -2.39. The summed E-state index contributed by atoms with van der Waals surface area (Å²) in [6.45, 7) is 17.5. The van der Waals surface area contributed by atoms with Crippen LogP contribution >= 0.6 is 0 Å². The molecule has 3 heterocycles. The number of piperidine rings is 1. The molecule has 1 aliphatic heterocycles. The van der Waals surface area contributed by atoms with Crippen molar-refractivity contribution in [1.82, 2.24) is 9.97 Å². The normalized spacial score (nSPS) is 17.1. The first-order valence-electron chi connectivity index (χ1n) is 12.0. The molecule has 1 fully saturated rings. The molecule has 7 heteroatoms. The van der Waals surface area contributed by atoms with Crippen molar-refractivity contribution in [2.45, 2.75) is 86.0 Å². The summed E-state index contributed by atoms with van der Waals surface area (Å²) in [5, 5.41) is 0. The van der Waals surface area contributed by atoms with Crippen LogP contribution < -0.4 is 4.90 Å². The van der Waals surface area contributed by atoms with Gasteiger partial charge in [-0.1, -0.05) is 13.8 Å². The summed E-state index contributed by atoms with van der Waals surface area (Å²) < 4.78 is 25.6. The monoisotopic (exact) mass is 471 g/mol. The molecule has 1 aliphatic rings. The molecule has 0 radical (unpaired) electrons. The van der Waals surface area contributed by atoms with Crippen molar-refractivity contribution >= 4 is 11.7 Å². The van der Waals surface area contributed by atoms with E-state index < -0.39 is 23.6 Å². The molecule has 6 nitrogen and oxygen atoms in total. The number of esters is 1. The van der Waals surface area contributed by atoms with Gasteiger partial charge < -0.3 is 14.4 Å². The summed E-state index contributed by atoms with van der Waals surface area (Å²) in [6, 6.07) is 3.04. The van der Waals surface area contributed by atoms with E-state index in [9.17, 15) is 9.18 Å². The molecule has 0 N–H and O–H groups in total. The number of carbonyl (C=O) groups excluding carboxylic acids is 1. The molecular formula is C27H38FN3O3. The molecule has 0 spiro atoms. The van der Waals surface area contributed by atoms with Crippen LogP contribution in [-0.2, 0) is 14.3 Å². The number of pyridine rings is 2. The maximum absolute atomic E-state index is 13.6. The number of carbonyl (C=O) groups is 1. The minimum Gasteiger partial charge on any atom is -0.461 e. The van der Waals surface area contributed by atoms with E-state index in [0.29, 0.717) is 11.3 Å². The molecule has 186 valence electrons. The number of rotatable bonds is 6. The molecule has 0 aromatic carbocycles. The van der Waals surface area contributed by atoms with E-state index in [4.69, 9.17) is 9.47 Å². The van der Waals surface area contributed by atoms with Crippen molar-refractivity contribution in [2.24, 2.45) is 5.41 Å². The van der Waals surface area contributed by atoms with Crippen LogP contribution in [0.1, 0.15) is 78.7 Å². The Hall–Kier alpha value is -2.54. The van der Waals surface area contributed by atoms with Crippen molar-refractivity contribution in [1.29, 1.82) is 0 Å². The number of hydrogen-bond donors (Lipinski definition) is 0. The zero-order valence-corrected chi connectivity index (χ0v) is 21.7. The second-order valence-corrected chi connectivity index (χ2v) is 11.1. The number of aromatic nitrogens is 2. The summed E-state index contributed by atoms with van der Waals surface area (Å²) in [7, 11) is 0. The number of halogens is 1. The van der Waals surface area contributed by atoms with E-state index in [1.165, 1.54) is 12.3 Å². The molecule has 3 rings (SSSR count). The van der Waals surface area contributed by atoms with Gasteiger partial charge in [0.25, 0.3) is 0 Å². The van der Waals surface area contributed by atoms with Gasteiger partial charge in [0.05, 0.1) is 17.4 Å². The Kier molecular flexibility index (Phi) is 7.65. The van der Waals surface area contributed by atoms with Gasteiger partial charge in [-0.2, -0.15) is 4.39 Å². The highest BCUT2D eigenvalue weighted by atomic mass is 19.1. The van der Waals surface area contributed by atoms with E-state index in [1.54, 1.807) is 12.3 Å². The van der Waals surface area contributed by atoms with E-state index in [0.717, 1.165) is 42.7 Å². The Bertz CT molecular complexity index is 1000. The minimum atomic E-state index is -0.951. The third-order valence-electron chi connectivity index (χ3n) is 6.06. The fourth-order valence-corrected chi connectivity index (χ4v) is 4.22. The Morgan fingerprint density at radius 3 is 2.29 bits per heavy atom. The third-order valence-corrected chi connectivity index (χ3v) is 6.06. The first-order valence-corrected chi connectivity index (χ1v) is 12.0. The van der Waals surface area contributed by atoms with Gasteiger partial charge in [0.15, 0.2) is 6.10 Å². The maximum Gasteiger partial charge on any atom is 0.340 e. The Morgan fingerprint density at radius 1 is 1.12 bits per heavy atom. The van der Waals surface area contributed by atoms with E-state index in [2.05, 4.69) is 28.7 Å². The highest BCUT2D eigenvalue weighted by Crippen LogP contribution is 2.43. The van der Waals surface area contributed by atoms with Gasteiger partial charge in [0, 0.05) is 47.9 Å². The first kappa shape index (κ1) is 26.1. The van der Waals surface area contributed by atoms with Crippen LogP contribution in [0.4, 0.5) is 10.1 Å². The predicted molar refractivity (Wildman–Crippen MR) is 132 cm³/mol. The van der Waals surface area contributed by atoms with Gasteiger partial charge in [-0.25, -0.2) is 9.78 Å². The molecular weight excluding hydrogens is 433 g/mol. The average Bonchev–Trinajstić information content (AvgIpc) is 2.72. The molecule has 1 saturated heterocycles. The van der Waals surface area contributed by atoms with Crippen molar-refractivity contribution in [3.05, 3.63) is 41.7 Å². The summed E-state index contributed by atoms with van der Waals surface area (Å²) >= 11 is 0. The smallest absolute Gasteiger partial charge is 0.340 e. The van der Waals surface area contributed by atoms with E-state index in [1.807, 2.05) is 41.5 Å². The Labute approximate surface area is 202 Å². The summed E-state index contributed by atoms with van der Waals surface area (Å²) in [5.41, 5.74) is 3.46. The van der Waals surface area contributed by atoms with Crippen LogP contribution in [0.15, 0.2) is 24.5 Å². The Morgan fingerprint density at radius 2 is 1.76 bits per heavy atom. The number of anilines is 1. The summed E-state index contributed by atoms with van der Waals surface area (Å²) in [4.78, 5) is 24.2. The van der Waals surface area contributed by atoms with Crippen LogP contribution in [0.3, 0.4) is 0 Å². The van der Waals surface area contributed by atoms with Gasteiger partial charge >= 0.3 is 5.97 Å². The Balaban J connectivity index is 2.23. The highest BCUT2D eigenvalue weighted by Gasteiger charge is 2.37. The van der Waals surface area contributed by atoms with Crippen molar-refractivity contribution in [3.8, 4) is 11.1 Å². The molecule has 0 aliphatic carbocycles. The standard InChI is InChI=1S/C27H38FN3O3/c1-17(2)33-25(32)24(34-26(4,5)6)22-18(3)29-16-20(19-9-10-21(28)30-15-19)23(22)31-13-11-27(7,8)12-14-31/h9-10,15-17,24H,11-14H2,1-8H3/t24-/m1/s1. The van der Waals surface area contributed by atoms with Gasteiger partial charge in [-0.15, -0.1) is 0 Å². The second-order valence-electron chi connectivity index (χ2n) is 11.1. The largest absolute Gasteiger partial charge is 0.461 e. The molecule has 2 aromatic heterocycles. The first-order chi connectivity index (χ1) is 15.8. The minimum absolute atomic E-state index is 0.244. The zero-order valence-electron chi connectivity index (χ0n) is 21.7. The van der Waals surface area contributed by atoms with Gasteiger partial charge in [-0.05, 0) is 71.9 Å². The van der Waals surface area contributed by atoms with Crippen molar-refractivity contribution in [3.63, 3.8) is 0 Å². The third kappa shape index (κ3) is 6.32. The molecule has 0 bridgehead atoms. The predicted octanol–water partition coefficient (Wildman–Crippen LogP) is 6.03. The SMILES string of the molecule is Cc1ncc(-c2ccc(F)nc2)c(N2CCC(C)(C)CC2)c1[C@@H](OC(C)(C)C)C(=O)OC(C)C. The lowest BCUT2D eigenvalue weighted by Gasteiger charge is -2.41. The molecule has 1 atom stereocenters. The molecule has 0 unspecified atom stereocenters. The molecule has 0 amide bonds. The number of hydrogen-bond acceptors (Lipinski definition) is 6. The average molecular weight is 472 g/mol. The lowest BCUT2D eigenvalue weighted by atomic mass is 9.82. The number of ether oxygens (including phenoxy) is 2. The number of nitrogens with zero attached hydrogens (tertiary/aromatic N) is 3. The molecule has 0 saturated carbocycles. The van der Waals surface area contributed by atoms with Gasteiger partial charge in [-0.3, -0.25) is 4.98 Å². The summed E-state index contributed by atoms with van der Waals surface area (Å²) in [6.07, 6.45) is 4.08.